The molecule has 0 fully saturated rings. The van der Waals surface area contributed by atoms with Gasteiger partial charge in [-0.1, -0.05) is 29.8 Å². The number of aryl methyl sites for hydroxylation is 1. The van der Waals surface area contributed by atoms with Crippen molar-refractivity contribution in [3.8, 4) is 12.3 Å². The number of nitrogens with one attached hydrogen (secondary N) is 1. The molecule has 0 saturated carbocycles. The van der Waals surface area contributed by atoms with Crippen molar-refractivity contribution < 1.29 is 0 Å². The van der Waals surface area contributed by atoms with Crippen LogP contribution in [0.3, 0.4) is 0 Å². The molecule has 15 heavy (non-hydrogen) atoms. The van der Waals surface area contributed by atoms with Crippen molar-refractivity contribution >= 4 is 0 Å². The summed E-state index contributed by atoms with van der Waals surface area (Å²) in [6, 6.07) is 8.64. The van der Waals surface area contributed by atoms with Crippen molar-refractivity contribution in [3.63, 3.8) is 0 Å². The maximum Gasteiger partial charge on any atom is 0.0205 e. The van der Waals surface area contributed by atoms with Crippen molar-refractivity contribution in [1.82, 2.24) is 5.32 Å². The van der Waals surface area contributed by atoms with E-state index in [2.05, 4.69) is 42.4 Å². The Bertz CT molecular complexity index is 305. The number of terminal acetylenes is 1. The van der Waals surface area contributed by atoms with Gasteiger partial charge >= 0.3 is 0 Å². The Morgan fingerprint density at radius 2 is 1.93 bits per heavy atom. The van der Waals surface area contributed by atoms with Gasteiger partial charge < -0.3 is 5.32 Å². The van der Waals surface area contributed by atoms with Crippen LogP contribution in [0, 0.1) is 19.3 Å². The molecule has 0 unspecified atom stereocenters. The van der Waals surface area contributed by atoms with E-state index in [0.29, 0.717) is 0 Å². The third-order valence-electron chi connectivity index (χ3n) is 2.37. The van der Waals surface area contributed by atoms with E-state index < -0.39 is 0 Å². The Morgan fingerprint density at radius 1 is 1.20 bits per heavy atom. The van der Waals surface area contributed by atoms with Gasteiger partial charge in [-0.15, -0.1) is 12.3 Å². The number of benzene rings is 1. The van der Waals surface area contributed by atoms with Gasteiger partial charge in [0.2, 0.25) is 0 Å². The van der Waals surface area contributed by atoms with Crippen LogP contribution in [-0.4, -0.2) is 6.54 Å². The number of hydrogen-bond donors (Lipinski definition) is 1. The Balaban J connectivity index is 2.10. The summed E-state index contributed by atoms with van der Waals surface area (Å²) in [5.74, 6) is 2.65. The third kappa shape index (κ3) is 5.24. The standard InChI is InChI=1S/C14H19N/c1-3-4-5-6-11-15-12-14-9-7-13(2)8-10-14/h1,7-10,15H,4-6,11-12H2,2H3. The van der Waals surface area contributed by atoms with Crippen LogP contribution in [0.4, 0.5) is 0 Å². The molecule has 1 heteroatoms. The molecule has 1 N–H and O–H groups in total. The SMILES string of the molecule is C#CCCCCNCc1ccc(C)cc1. The molecule has 0 amide bonds. The number of hydrogen-bond acceptors (Lipinski definition) is 1. The van der Waals surface area contributed by atoms with Crippen LogP contribution in [0.5, 0.6) is 0 Å². The maximum atomic E-state index is 5.18. The molecule has 0 aliphatic carbocycles. The van der Waals surface area contributed by atoms with Crippen LogP contribution in [-0.2, 0) is 6.54 Å². The monoisotopic (exact) mass is 201 g/mol. The second-order valence-corrected chi connectivity index (χ2v) is 3.82. The molecule has 80 valence electrons. The topological polar surface area (TPSA) is 12.0 Å². The largest absolute Gasteiger partial charge is 0.313 e. The molecule has 0 heterocycles. The fraction of sp³-hybridized carbons (Fsp3) is 0.429. The van der Waals surface area contributed by atoms with Crippen LogP contribution in [0.1, 0.15) is 30.4 Å². The predicted molar refractivity (Wildman–Crippen MR) is 65.6 cm³/mol. The van der Waals surface area contributed by atoms with E-state index in [4.69, 9.17) is 6.42 Å². The van der Waals surface area contributed by atoms with Gasteiger partial charge in [0.1, 0.15) is 0 Å². The minimum Gasteiger partial charge on any atom is -0.313 e. The van der Waals surface area contributed by atoms with Gasteiger partial charge in [0, 0.05) is 13.0 Å². The van der Waals surface area contributed by atoms with Crippen molar-refractivity contribution in [1.29, 1.82) is 0 Å². The first-order chi connectivity index (χ1) is 7.33. The van der Waals surface area contributed by atoms with E-state index in [0.717, 1.165) is 32.4 Å². The summed E-state index contributed by atoms with van der Waals surface area (Å²) in [4.78, 5) is 0. The zero-order chi connectivity index (χ0) is 10.9. The van der Waals surface area contributed by atoms with Crippen LogP contribution in [0.2, 0.25) is 0 Å². The molecule has 0 atom stereocenters. The molecule has 0 bridgehead atoms. The molecule has 0 aromatic heterocycles. The normalized spacial score (nSPS) is 9.87. The molecule has 1 aromatic rings. The average Bonchev–Trinajstić information content (AvgIpc) is 2.26. The molecule has 0 radical (unpaired) electrons. The Kier molecular flexibility index (Phi) is 5.58. The molecular weight excluding hydrogens is 182 g/mol. The number of rotatable bonds is 6. The Morgan fingerprint density at radius 3 is 2.60 bits per heavy atom. The van der Waals surface area contributed by atoms with Gasteiger partial charge in [-0.3, -0.25) is 0 Å². The second kappa shape index (κ2) is 7.09. The van der Waals surface area contributed by atoms with Gasteiger partial charge in [0.05, 0.1) is 0 Å². The van der Waals surface area contributed by atoms with Crippen LogP contribution < -0.4 is 5.32 Å². The highest BCUT2D eigenvalue weighted by atomic mass is 14.8. The van der Waals surface area contributed by atoms with Gasteiger partial charge in [-0.05, 0) is 31.9 Å². The second-order valence-electron chi connectivity index (χ2n) is 3.82. The van der Waals surface area contributed by atoms with Crippen molar-refractivity contribution in [2.75, 3.05) is 6.54 Å². The number of unbranched alkanes of at least 4 members (excludes halogenated alkanes) is 2. The van der Waals surface area contributed by atoms with E-state index in [9.17, 15) is 0 Å². The molecule has 1 rings (SSSR count). The fourth-order valence-electron chi connectivity index (χ4n) is 1.42. The first-order valence-electron chi connectivity index (χ1n) is 5.52. The molecule has 0 spiro atoms. The van der Waals surface area contributed by atoms with Crippen molar-refractivity contribution in [3.05, 3.63) is 35.4 Å². The lowest BCUT2D eigenvalue weighted by molar-refractivity contribution is 0.630. The zero-order valence-electron chi connectivity index (χ0n) is 9.42. The first kappa shape index (κ1) is 11.8. The minimum absolute atomic E-state index is 0.895. The first-order valence-corrected chi connectivity index (χ1v) is 5.52. The van der Waals surface area contributed by atoms with E-state index in [1.54, 1.807) is 0 Å². The smallest absolute Gasteiger partial charge is 0.0205 e. The molecule has 1 nitrogen and oxygen atoms in total. The Labute approximate surface area is 92.9 Å². The quantitative estimate of drug-likeness (QED) is 0.551. The zero-order valence-corrected chi connectivity index (χ0v) is 9.42. The summed E-state index contributed by atoms with van der Waals surface area (Å²) in [6.45, 7) is 4.11. The highest BCUT2D eigenvalue weighted by Crippen LogP contribution is 2.02. The van der Waals surface area contributed by atoms with Crippen LogP contribution in [0.25, 0.3) is 0 Å². The fourth-order valence-corrected chi connectivity index (χ4v) is 1.42. The summed E-state index contributed by atoms with van der Waals surface area (Å²) in [5, 5.41) is 3.41. The van der Waals surface area contributed by atoms with E-state index >= 15 is 0 Å². The molecule has 0 saturated heterocycles. The minimum atomic E-state index is 0.895. The summed E-state index contributed by atoms with van der Waals surface area (Å²) in [5.41, 5.74) is 2.66. The van der Waals surface area contributed by atoms with E-state index in [1.807, 2.05) is 0 Å². The van der Waals surface area contributed by atoms with Gasteiger partial charge in [0.15, 0.2) is 0 Å². The van der Waals surface area contributed by atoms with Gasteiger partial charge in [-0.2, -0.15) is 0 Å². The predicted octanol–water partition coefficient (Wildman–Crippen LogP) is 2.89. The molecule has 1 aromatic carbocycles. The summed E-state index contributed by atoms with van der Waals surface area (Å²) < 4.78 is 0. The van der Waals surface area contributed by atoms with Crippen molar-refractivity contribution in [2.45, 2.75) is 32.7 Å². The average molecular weight is 201 g/mol. The summed E-state index contributed by atoms with van der Waals surface area (Å²) in [7, 11) is 0. The lowest BCUT2D eigenvalue weighted by Gasteiger charge is -2.04. The maximum absolute atomic E-state index is 5.18. The van der Waals surface area contributed by atoms with Gasteiger partial charge in [-0.25, -0.2) is 0 Å². The summed E-state index contributed by atoms with van der Waals surface area (Å²) in [6.07, 6.45) is 8.36. The highest BCUT2D eigenvalue weighted by Gasteiger charge is 1.91. The highest BCUT2D eigenvalue weighted by molar-refractivity contribution is 5.20. The lowest BCUT2D eigenvalue weighted by Crippen LogP contribution is -2.14. The Hall–Kier alpha value is -1.26. The van der Waals surface area contributed by atoms with E-state index in [-0.39, 0.29) is 0 Å². The summed E-state index contributed by atoms with van der Waals surface area (Å²) >= 11 is 0. The molecule has 0 aliphatic rings. The van der Waals surface area contributed by atoms with Gasteiger partial charge in [0.25, 0.3) is 0 Å². The molecular formula is C14H19N. The van der Waals surface area contributed by atoms with E-state index in [1.165, 1.54) is 11.1 Å². The van der Waals surface area contributed by atoms with Crippen molar-refractivity contribution in [2.24, 2.45) is 0 Å². The lowest BCUT2D eigenvalue weighted by atomic mass is 10.1. The molecule has 0 aliphatic heterocycles. The van der Waals surface area contributed by atoms with Crippen LogP contribution in [0.15, 0.2) is 24.3 Å². The third-order valence-corrected chi connectivity index (χ3v) is 2.37. The van der Waals surface area contributed by atoms with Crippen LogP contribution >= 0.6 is 0 Å².